The van der Waals surface area contributed by atoms with Gasteiger partial charge in [0.2, 0.25) is 0 Å². The van der Waals surface area contributed by atoms with Gasteiger partial charge in [-0.25, -0.2) is 0 Å². The van der Waals surface area contributed by atoms with Crippen LogP contribution in [0.25, 0.3) is 0 Å². The Morgan fingerprint density at radius 3 is 2.32 bits per heavy atom. The highest BCUT2D eigenvalue weighted by molar-refractivity contribution is 9.10. The molecule has 0 radical (unpaired) electrons. The molecule has 0 atom stereocenters. The molecule has 0 aromatic heterocycles. The standard InChI is InChI=1S/C15H12BrClN2O3/c1-22-9-6-7-12(16)11(8-9)15(21)19-18-14(20)10-4-2-3-5-13(10)17/h2-8H,1H3,(H,18,20)(H,19,21). The lowest BCUT2D eigenvalue weighted by molar-refractivity contribution is 0.0846. The number of carbonyl (C=O) groups excluding carboxylic acids is 2. The van der Waals surface area contributed by atoms with Crippen molar-refractivity contribution in [2.75, 3.05) is 7.11 Å². The van der Waals surface area contributed by atoms with Crippen molar-refractivity contribution >= 4 is 39.3 Å². The van der Waals surface area contributed by atoms with E-state index in [0.717, 1.165) is 0 Å². The van der Waals surface area contributed by atoms with Gasteiger partial charge in [-0.05, 0) is 46.3 Å². The van der Waals surface area contributed by atoms with Crippen LogP contribution in [0.5, 0.6) is 5.75 Å². The van der Waals surface area contributed by atoms with E-state index in [2.05, 4.69) is 26.8 Å². The number of carbonyl (C=O) groups is 2. The van der Waals surface area contributed by atoms with Crippen LogP contribution in [0.2, 0.25) is 5.02 Å². The summed E-state index contributed by atoms with van der Waals surface area (Å²) in [5, 5.41) is 0.303. The molecule has 0 bridgehead atoms. The Morgan fingerprint density at radius 1 is 1.05 bits per heavy atom. The van der Waals surface area contributed by atoms with Crippen LogP contribution in [0.15, 0.2) is 46.9 Å². The van der Waals surface area contributed by atoms with Crippen molar-refractivity contribution in [3.8, 4) is 5.75 Å². The lowest BCUT2D eigenvalue weighted by Gasteiger charge is -2.10. The van der Waals surface area contributed by atoms with Crippen LogP contribution < -0.4 is 15.6 Å². The average molecular weight is 384 g/mol. The molecule has 2 aromatic rings. The molecule has 22 heavy (non-hydrogen) atoms. The first kappa shape index (κ1) is 16.3. The fourth-order valence-corrected chi connectivity index (χ4v) is 2.35. The van der Waals surface area contributed by atoms with E-state index < -0.39 is 11.8 Å². The number of ether oxygens (including phenoxy) is 1. The van der Waals surface area contributed by atoms with Gasteiger partial charge < -0.3 is 4.74 Å². The minimum absolute atomic E-state index is 0.272. The number of methoxy groups -OCH3 is 1. The quantitative estimate of drug-likeness (QED) is 0.800. The first-order valence-electron chi connectivity index (χ1n) is 6.21. The molecule has 0 heterocycles. The third-order valence-corrected chi connectivity index (χ3v) is 3.85. The molecule has 2 N–H and O–H groups in total. The second kappa shape index (κ2) is 7.29. The molecule has 0 fully saturated rings. The van der Waals surface area contributed by atoms with Crippen molar-refractivity contribution in [3.63, 3.8) is 0 Å². The van der Waals surface area contributed by atoms with Gasteiger partial charge in [-0.1, -0.05) is 23.7 Å². The van der Waals surface area contributed by atoms with Crippen LogP contribution in [0.1, 0.15) is 20.7 Å². The number of hydrogen-bond acceptors (Lipinski definition) is 3. The van der Waals surface area contributed by atoms with Gasteiger partial charge in [0.05, 0.1) is 23.3 Å². The Hall–Kier alpha value is -2.05. The van der Waals surface area contributed by atoms with Crippen molar-refractivity contribution in [2.24, 2.45) is 0 Å². The maximum atomic E-state index is 12.1. The molecule has 0 saturated heterocycles. The highest BCUT2D eigenvalue weighted by atomic mass is 79.9. The zero-order chi connectivity index (χ0) is 16.1. The minimum atomic E-state index is -0.502. The third-order valence-electron chi connectivity index (χ3n) is 2.83. The summed E-state index contributed by atoms with van der Waals surface area (Å²) in [6, 6.07) is 11.5. The molecule has 2 amide bonds. The van der Waals surface area contributed by atoms with Gasteiger partial charge in [0.25, 0.3) is 11.8 Å². The zero-order valence-electron chi connectivity index (χ0n) is 11.5. The topological polar surface area (TPSA) is 67.4 Å². The molecular weight excluding hydrogens is 372 g/mol. The number of rotatable bonds is 3. The maximum absolute atomic E-state index is 12.1. The molecule has 0 aliphatic rings. The number of nitrogens with one attached hydrogen (secondary N) is 2. The van der Waals surface area contributed by atoms with Crippen molar-refractivity contribution in [1.82, 2.24) is 10.9 Å². The molecule has 0 unspecified atom stereocenters. The molecule has 0 aliphatic carbocycles. The summed E-state index contributed by atoms with van der Waals surface area (Å²) >= 11 is 9.19. The SMILES string of the molecule is COc1ccc(Br)c(C(=O)NNC(=O)c2ccccc2Cl)c1. The Morgan fingerprint density at radius 2 is 1.68 bits per heavy atom. The number of hydrogen-bond donors (Lipinski definition) is 2. The molecule has 2 aromatic carbocycles. The van der Waals surface area contributed by atoms with Gasteiger partial charge in [0.15, 0.2) is 0 Å². The van der Waals surface area contributed by atoms with E-state index in [1.54, 1.807) is 42.5 Å². The summed E-state index contributed by atoms with van der Waals surface area (Å²) in [7, 11) is 1.50. The largest absolute Gasteiger partial charge is 0.497 e. The van der Waals surface area contributed by atoms with E-state index in [1.807, 2.05) is 0 Å². The Balaban J connectivity index is 2.07. The summed E-state index contributed by atoms with van der Waals surface area (Å²) < 4.78 is 5.65. The number of hydrazine groups is 1. The molecular formula is C15H12BrClN2O3. The second-order valence-electron chi connectivity index (χ2n) is 4.23. The Kier molecular flexibility index (Phi) is 5.41. The van der Waals surface area contributed by atoms with E-state index in [9.17, 15) is 9.59 Å². The zero-order valence-corrected chi connectivity index (χ0v) is 13.9. The molecule has 7 heteroatoms. The van der Waals surface area contributed by atoms with Gasteiger partial charge in [0, 0.05) is 4.47 Å². The second-order valence-corrected chi connectivity index (χ2v) is 5.50. The molecule has 114 valence electrons. The third kappa shape index (κ3) is 3.78. The van der Waals surface area contributed by atoms with Crippen LogP contribution in [0, 0.1) is 0 Å². The van der Waals surface area contributed by atoms with Crippen molar-refractivity contribution in [1.29, 1.82) is 0 Å². The van der Waals surface area contributed by atoms with Crippen LogP contribution in [-0.4, -0.2) is 18.9 Å². The average Bonchev–Trinajstić information content (AvgIpc) is 2.53. The van der Waals surface area contributed by atoms with Crippen LogP contribution in [0.4, 0.5) is 0 Å². The molecule has 0 saturated carbocycles. The fourth-order valence-electron chi connectivity index (χ4n) is 1.70. The first-order valence-corrected chi connectivity index (χ1v) is 7.38. The first-order chi connectivity index (χ1) is 10.5. The van der Waals surface area contributed by atoms with Crippen LogP contribution in [-0.2, 0) is 0 Å². The Labute approximate surface area is 140 Å². The number of halogens is 2. The lowest BCUT2D eigenvalue weighted by atomic mass is 10.2. The molecule has 2 rings (SSSR count). The summed E-state index contributed by atoms with van der Waals surface area (Å²) in [4.78, 5) is 24.1. The predicted molar refractivity (Wildman–Crippen MR) is 87.1 cm³/mol. The van der Waals surface area contributed by atoms with Crippen LogP contribution >= 0.6 is 27.5 Å². The predicted octanol–water partition coefficient (Wildman–Crippen LogP) is 3.19. The van der Waals surface area contributed by atoms with E-state index in [-0.39, 0.29) is 5.56 Å². The minimum Gasteiger partial charge on any atom is -0.497 e. The van der Waals surface area contributed by atoms with Crippen molar-refractivity contribution in [2.45, 2.75) is 0 Å². The molecule has 0 spiro atoms. The normalized spacial score (nSPS) is 9.95. The monoisotopic (exact) mass is 382 g/mol. The highest BCUT2D eigenvalue weighted by Gasteiger charge is 2.14. The fraction of sp³-hybridized carbons (Fsp3) is 0.0667. The van der Waals surface area contributed by atoms with E-state index in [1.165, 1.54) is 7.11 Å². The van der Waals surface area contributed by atoms with Crippen molar-refractivity contribution in [3.05, 3.63) is 63.1 Å². The summed E-state index contributed by atoms with van der Waals surface area (Å²) in [5.41, 5.74) is 5.26. The van der Waals surface area contributed by atoms with Crippen molar-refractivity contribution < 1.29 is 14.3 Å². The van der Waals surface area contributed by atoms with Gasteiger partial charge >= 0.3 is 0 Å². The van der Waals surface area contributed by atoms with Gasteiger partial charge in [-0.3, -0.25) is 20.4 Å². The lowest BCUT2D eigenvalue weighted by Crippen LogP contribution is -2.41. The van der Waals surface area contributed by atoms with Gasteiger partial charge in [0.1, 0.15) is 5.75 Å². The maximum Gasteiger partial charge on any atom is 0.271 e. The summed E-state index contributed by atoms with van der Waals surface area (Å²) in [5.74, 6) is -0.449. The smallest absolute Gasteiger partial charge is 0.271 e. The summed E-state index contributed by atoms with van der Waals surface area (Å²) in [6.07, 6.45) is 0. The van der Waals surface area contributed by atoms with Gasteiger partial charge in [-0.2, -0.15) is 0 Å². The molecule has 0 aliphatic heterocycles. The van der Waals surface area contributed by atoms with E-state index in [4.69, 9.17) is 16.3 Å². The van der Waals surface area contributed by atoms with E-state index in [0.29, 0.717) is 20.8 Å². The number of benzene rings is 2. The highest BCUT2D eigenvalue weighted by Crippen LogP contribution is 2.22. The molecule has 5 nitrogen and oxygen atoms in total. The summed E-state index contributed by atoms with van der Waals surface area (Å²) in [6.45, 7) is 0. The number of amides is 2. The van der Waals surface area contributed by atoms with Crippen LogP contribution in [0.3, 0.4) is 0 Å². The van der Waals surface area contributed by atoms with Gasteiger partial charge in [-0.15, -0.1) is 0 Å². The Bertz CT molecular complexity index is 722. The van der Waals surface area contributed by atoms with E-state index >= 15 is 0 Å².